The van der Waals surface area contributed by atoms with E-state index in [4.69, 9.17) is 4.74 Å². The molecule has 0 unspecified atom stereocenters. The second kappa shape index (κ2) is 8.30. The van der Waals surface area contributed by atoms with Gasteiger partial charge in [0.15, 0.2) is 5.82 Å². The van der Waals surface area contributed by atoms with Crippen LogP contribution in [0.5, 0.6) is 0 Å². The first-order valence-electron chi connectivity index (χ1n) is 9.41. The molecule has 1 saturated carbocycles. The molecule has 0 bridgehead atoms. The second-order valence-electron chi connectivity index (χ2n) is 6.92. The van der Waals surface area contributed by atoms with Crippen LogP contribution in [0.4, 0.5) is 5.95 Å². The lowest BCUT2D eigenvalue weighted by atomic mass is 9.91. The topological polar surface area (TPSA) is 107 Å². The maximum atomic E-state index is 11.6. The normalized spacial score (nSPS) is 19.5. The summed E-state index contributed by atoms with van der Waals surface area (Å²) < 4.78 is 6.57. The van der Waals surface area contributed by atoms with Crippen molar-refractivity contribution in [3.05, 3.63) is 36.5 Å². The van der Waals surface area contributed by atoms with Crippen molar-refractivity contribution in [1.82, 2.24) is 30.3 Å². The first-order chi connectivity index (χ1) is 13.7. The largest absolute Gasteiger partial charge is 0.375 e. The van der Waals surface area contributed by atoms with Gasteiger partial charge in [0, 0.05) is 31.5 Å². The molecule has 1 amide bonds. The Morgan fingerprint density at radius 3 is 2.79 bits per heavy atom. The van der Waals surface area contributed by atoms with Crippen molar-refractivity contribution in [3.63, 3.8) is 0 Å². The van der Waals surface area contributed by atoms with Gasteiger partial charge in [-0.05, 0) is 37.8 Å². The van der Waals surface area contributed by atoms with E-state index < -0.39 is 0 Å². The number of benzene rings is 1. The molecule has 0 radical (unpaired) electrons. The molecule has 2 heterocycles. The van der Waals surface area contributed by atoms with Crippen molar-refractivity contribution in [2.75, 3.05) is 19.0 Å². The average Bonchev–Trinajstić information content (AvgIpc) is 3.14. The summed E-state index contributed by atoms with van der Waals surface area (Å²) in [7, 11) is 1.52. The fraction of sp³-hybridized carbons (Fsp3) is 0.421. The molecule has 1 aliphatic rings. The smallest absolute Gasteiger partial charge is 0.246 e. The predicted molar refractivity (Wildman–Crippen MR) is 104 cm³/mol. The van der Waals surface area contributed by atoms with E-state index in [2.05, 4.69) is 30.9 Å². The lowest BCUT2D eigenvalue weighted by Crippen LogP contribution is -2.41. The number of para-hydroxylation sites is 1. The first kappa shape index (κ1) is 18.3. The molecule has 0 spiro atoms. The monoisotopic (exact) mass is 381 g/mol. The van der Waals surface area contributed by atoms with E-state index in [1.807, 2.05) is 30.3 Å². The number of hydrogen-bond donors (Lipinski definition) is 2. The highest BCUT2D eigenvalue weighted by Gasteiger charge is 2.23. The Morgan fingerprint density at radius 1 is 1.18 bits per heavy atom. The number of methoxy groups -OCH3 is 1. The number of anilines is 1. The van der Waals surface area contributed by atoms with Crippen molar-refractivity contribution < 1.29 is 9.53 Å². The van der Waals surface area contributed by atoms with Gasteiger partial charge in [-0.15, -0.1) is 5.10 Å². The number of nitrogens with zero attached hydrogens (tertiary/aromatic N) is 5. The summed E-state index contributed by atoms with van der Waals surface area (Å²) in [5, 5.41) is 14.8. The van der Waals surface area contributed by atoms with Crippen molar-refractivity contribution in [2.24, 2.45) is 0 Å². The Labute approximate surface area is 162 Å². The molecule has 3 aromatic rings. The van der Waals surface area contributed by atoms with Gasteiger partial charge >= 0.3 is 0 Å². The van der Waals surface area contributed by atoms with E-state index in [9.17, 15) is 4.79 Å². The molecule has 4 rings (SSSR count). The average molecular weight is 381 g/mol. The van der Waals surface area contributed by atoms with Crippen molar-refractivity contribution >= 4 is 22.9 Å². The van der Waals surface area contributed by atoms with Crippen LogP contribution in [-0.2, 0) is 9.53 Å². The number of carbonyl (C=O) groups is 1. The van der Waals surface area contributed by atoms with Gasteiger partial charge in [0.25, 0.3) is 0 Å². The second-order valence-corrected chi connectivity index (χ2v) is 6.92. The summed E-state index contributed by atoms with van der Waals surface area (Å²) in [6.07, 6.45) is 5.44. The third-order valence-corrected chi connectivity index (χ3v) is 4.91. The standard InChI is InChI=1S/C19H23N7O2/c1-28-12-18(27)21-13-6-8-14(9-7-13)22-19-20-11-10-17(23-19)26-16-5-3-2-4-15(16)24-25-26/h2-5,10-11,13-14H,6-9,12H2,1H3,(H,21,27)(H,20,22,23)/t13-,14-. The van der Waals surface area contributed by atoms with Crippen LogP contribution >= 0.6 is 0 Å². The van der Waals surface area contributed by atoms with Crippen LogP contribution in [0.15, 0.2) is 36.5 Å². The Bertz CT molecular complexity index is 950. The summed E-state index contributed by atoms with van der Waals surface area (Å²) in [6, 6.07) is 10.1. The highest BCUT2D eigenvalue weighted by atomic mass is 16.5. The van der Waals surface area contributed by atoms with Crippen LogP contribution in [0.3, 0.4) is 0 Å². The number of nitrogens with one attached hydrogen (secondary N) is 2. The third kappa shape index (κ3) is 4.09. The maximum Gasteiger partial charge on any atom is 0.246 e. The molecule has 0 atom stereocenters. The van der Waals surface area contributed by atoms with Gasteiger partial charge in [0.05, 0.1) is 5.52 Å². The van der Waals surface area contributed by atoms with Gasteiger partial charge in [-0.1, -0.05) is 17.3 Å². The molecule has 2 aromatic heterocycles. The Morgan fingerprint density at radius 2 is 1.96 bits per heavy atom. The molecular formula is C19H23N7O2. The fourth-order valence-electron chi connectivity index (χ4n) is 3.54. The van der Waals surface area contributed by atoms with Crippen LogP contribution in [0.25, 0.3) is 16.9 Å². The van der Waals surface area contributed by atoms with Gasteiger partial charge in [0.1, 0.15) is 12.1 Å². The Balaban J connectivity index is 1.39. The van der Waals surface area contributed by atoms with Crippen LogP contribution in [0, 0.1) is 0 Å². The van der Waals surface area contributed by atoms with Gasteiger partial charge in [-0.25, -0.2) is 4.98 Å². The molecule has 9 nitrogen and oxygen atoms in total. The summed E-state index contributed by atoms with van der Waals surface area (Å²) >= 11 is 0. The zero-order valence-corrected chi connectivity index (χ0v) is 15.7. The van der Waals surface area contributed by atoms with Crippen molar-refractivity contribution in [1.29, 1.82) is 0 Å². The number of aromatic nitrogens is 5. The molecule has 1 fully saturated rings. The summed E-state index contributed by atoms with van der Waals surface area (Å²) in [4.78, 5) is 20.6. The van der Waals surface area contributed by atoms with Gasteiger partial charge < -0.3 is 15.4 Å². The molecule has 0 aliphatic heterocycles. The minimum Gasteiger partial charge on any atom is -0.375 e. The minimum atomic E-state index is -0.0602. The number of carbonyl (C=O) groups excluding carboxylic acids is 1. The molecule has 1 aliphatic carbocycles. The third-order valence-electron chi connectivity index (χ3n) is 4.91. The highest BCUT2D eigenvalue weighted by molar-refractivity contribution is 5.77. The van der Waals surface area contributed by atoms with Crippen LogP contribution < -0.4 is 10.6 Å². The maximum absolute atomic E-state index is 11.6. The number of fused-ring (bicyclic) bond motifs is 1. The van der Waals surface area contributed by atoms with Crippen molar-refractivity contribution in [3.8, 4) is 5.82 Å². The quantitative estimate of drug-likeness (QED) is 0.669. The predicted octanol–water partition coefficient (Wildman–Crippen LogP) is 1.70. The summed E-state index contributed by atoms with van der Waals surface area (Å²) in [5.41, 5.74) is 1.73. The Hall–Kier alpha value is -3.07. The lowest BCUT2D eigenvalue weighted by Gasteiger charge is -2.29. The zero-order chi connectivity index (χ0) is 19.3. The van der Waals surface area contributed by atoms with Crippen molar-refractivity contribution in [2.45, 2.75) is 37.8 Å². The number of amides is 1. The van der Waals surface area contributed by atoms with Gasteiger partial charge in [-0.3, -0.25) is 4.79 Å². The zero-order valence-electron chi connectivity index (χ0n) is 15.7. The minimum absolute atomic E-state index is 0.0602. The van der Waals surface area contributed by atoms with E-state index >= 15 is 0 Å². The van der Waals surface area contributed by atoms with Gasteiger partial charge in [-0.2, -0.15) is 9.67 Å². The summed E-state index contributed by atoms with van der Waals surface area (Å²) in [5.74, 6) is 1.19. The number of hydrogen-bond acceptors (Lipinski definition) is 7. The molecule has 9 heteroatoms. The number of ether oxygens (including phenoxy) is 1. The Kier molecular flexibility index (Phi) is 5.43. The van der Waals surface area contributed by atoms with E-state index in [1.54, 1.807) is 10.9 Å². The van der Waals surface area contributed by atoms with Crippen LogP contribution in [0.2, 0.25) is 0 Å². The molecular weight excluding hydrogens is 358 g/mol. The molecule has 146 valence electrons. The van der Waals surface area contributed by atoms with E-state index in [-0.39, 0.29) is 24.6 Å². The molecule has 1 aromatic carbocycles. The SMILES string of the molecule is COCC(=O)N[C@H]1CC[C@H](Nc2nccc(-n3nnc4ccccc43)n2)CC1. The van der Waals surface area contributed by atoms with E-state index in [0.29, 0.717) is 11.8 Å². The summed E-state index contributed by atoms with van der Waals surface area (Å²) in [6.45, 7) is 0.107. The molecule has 2 N–H and O–H groups in total. The van der Waals surface area contributed by atoms with E-state index in [1.165, 1.54) is 7.11 Å². The van der Waals surface area contributed by atoms with Crippen LogP contribution in [-0.4, -0.2) is 56.7 Å². The van der Waals surface area contributed by atoms with Gasteiger partial charge in [0.2, 0.25) is 11.9 Å². The van der Waals surface area contributed by atoms with Crippen LogP contribution in [0.1, 0.15) is 25.7 Å². The highest BCUT2D eigenvalue weighted by Crippen LogP contribution is 2.22. The fourth-order valence-corrected chi connectivity index (χ4v) is 3.54. The first-order valence-corrected chi connectivity index (χ1v) is 9.41. The molecule has 28 heavy (non-hydrogen) atoms. The lowest BCUT2D eigenvalue weighted by molar-refractivity contribution is -0.125. The number of rotatable bonds is 6. The van der Waals surface area contributed by atoms with E-state index in [0.717, 1.165) is 36.7 Å². The molecule has 0 saturated heterocycles.